The van der Waals surface area contributed by atoms with Crippen LogP contribution in [0.1, 0.15) is 32.9 Å². The van der Waals surface area contributed by atoms with Gasteiger partial charge in [-0.15, -0.1) is 0 Å². The summed E-state index contributed by atoms with van der Waals surface area (Å²) in [5.41, 5.74) is 11.9. The number of aromatic nitrogens is 1. The van der Waals surface area contributed by atoms with Gasteiger partial charge in [0.15, 0.2) is 0 Å². The Morgan fingerprint density at radius 3 is 2.50 bits per heavy atom. The smallest absolute Gasteiger partial charge is 0.132 e. The van der Waals surface area contributed by atoms with E-state index < -0.39 is 0 Å². The van der Waals surface area contributed by atoms with Gasteiger partial charge in [-0.3, -0.25) is 9.98 Å². The molecule has 1 atom stereocenters. The normalized spacial score (nSPS) is 16.6. The largest absolute Gasteiger partial charge is 0.383 e. The molecule has 7 heteroatoms. The van der Waals surface area contributed by atoms with Gasteiger partial charge < -0.3 is 21.3 Å². The number of hydrogen-bond acceptors (Lipinski definition) is 5. The summed E-state index contributed by atoms with van der Waals surface area (Å²) in [7, 11) is 3.83. The summed E-state index contributed by atoms with van der Waals surface area (Å²) in [4.78, 5) is 11.8. The number of allylic oxidation sites excluding steroid dienone is 3. The second kappa shape index (κ2) is 13.0. The molecule has 0 spiro atoms. The maximum Gasteiger partial charge on any atom is 0.132 e. The van der Waals surface area contributed by atoms with E-state index in [0.717, 1.165) is 23.6 Å². The Kier molecular flexibility index (Phi) is 9.82. The fourth-order valence-corrected chi connectivity index (χ4v) is 4.33. The van der Waals surface area contributed by atoms with Crippen LogP contribution in [0.3, 0.4) is 0 Å². The minimum absolute atomic E-state index is 0.372. The molecule has 0 fully saturated rings. The monoisotopic (exact) mass is 502 g/mol. The summed E-state index contributed by atoms with van der Waals surface area (Å²) in [5.74, 6) is 2.01. The summed E-state index contributed by atoms with van der Waals surface area (Å²) in [5, 5.41) is 6.76. The fraction of sp³-hybridized carbons (Fsp3) is 0.345. The van der Waals surface area contributed by atoms with Crippen molar-refractivity contribution < 1.29 is 0 Å². The van der Waals surface area contributed by atoms with Crippen LogP contribution < -0.4 is 21.3 Å². The Morgan fingerprint density at radius 1 is 1.17 bits per heavy atom. The van der Waals surface area contributed by atoms with Gasteiger partial charge >= 0.3 is 0 Å². The van der Waals surface area contributed by atoms with E-state index in [1.165, 1.54) is 11.1 Å². The van der Waals surface area contributed by atoms with Crippen LogP contribution >= 0.6 is 12.2 Å². The number of nitrogens with zero attached hydrogens (tertiary/aromatic N) is 3. The summed E-state index contributed by atoms with van der Waals surface area (Å²) < 4.78 is 0. The molecule has 0 amide bonds. The summed E-state index contributed by atoms with van der Waals surface area (Å²) in [6.45, 7) is 7.78. The van der Waals surface area contributed by atoms with E-state index in [0.29, 0.717) is 41.3 Å². The quantitative estimate of drug-likeness (QED) is 0.185. The number of nitrogens with one attached hydrogen (secondary N) is 2. The number of thiocarbonyl (C=S) groups is 1. The van der Waals surface area contributed by atoms with Crippen molar-refractivity contribution in [2.24, 2.45) is 22.6 Å². The van der Waals surface area contributed by atoms with E-state index in [1.54, 1.807) is 0 Å². The van der Waals surface area contributed by atoms with Crippen molar-refractivity contribution >= 4 is 34.3 Å². The van der Waals surface area contributed by atoms with Gasteiger partial charge in [0, 0.05) is 39.1 Å². The van der Waals surface area contributed by atoms with E-state index in [-0.39, 0.29) is 0 Å². The third-order valence-corrected chi connectivity index (χ3v) is 6.50. The van der Waals surface area contributed by atoms with E-state index >= 15 is 0 Å². The summed E-state index contributed by atoms with van der Waals surface area (Å²) in [6, 6.07) is 16.2. The Hall–Kier alpha value is -3.45. The van der Waals surface area contributed by atoms with Crippen LogP contribution in [0.2, 0.25) is 0 Å². The molecular weight excluding hydrogens is 464 g/mol. The number of para-hydroxylation sites is 1. The maximum absolute atomic E-state index is 6.54. The molecule has 4 N–H and O–H groups in total. The molecule has 1 unspecified atom stereocenters. The lowest BCUT2D eigenvalue weighted by Crippen LogP contribution is -2.39. The van der Waals surface area contributed by atoms with Crippen molar-refractivity contribution in [2.75, 3.05) is 32.1 Å². The highest BCUT2D eigenvalue weighted by molar-refractivity contribution is 7.80. The first-order chi connectivity index (χ1) is 17.3. The molecule has 1 aromatic heterocycles. The number of likely N-dealkylation sites (N-methyl/N-ethyl adjacent to an activating group) is 1. The van der Waals surface area contributed by atoms with Gasteiger partial charge in [0.2, 0.25) is 0 Å². The number of hydrogen-bond donors (Lipinski definition) is 3. The van der Waals surface area contributed by atoms with Crippen LogP contribution in [-0.2, 0) is 0 Å². The van der Waals surface area contributed by atoms with Gasteiger partial charge in [-0.25, -0.2) is 0 Å². The lowest BCUT2D eigenvalue weighted by Gasteiger charge is -2.29. The van der Waals surface area contributed by atoms with Gasteiger partial charge in [-0.05, 0) is 48.1 Å². The summed E-state index contributed by atoms with van der Waals surface area (Å²) in [6.07, 6.45) is 7.18. The van der Waals surface area contributed by atoms with Crippen molar-refractivity contribution in [2.45, 2.75) is 27.2 Å². The molecule has 2 aromatic rings. The molecule has 1 heterocycles. The molecule has 0 radical (unpaired) electrons. The van der Waals surface area contributed by atoms with Crippen molar-refractivity contribution in [3.63, 3.8) is 0 Å². The molecule has 3 rings (SSSR count). The third-order valence-electron chi connectivity index (χ3n) is 6.09. The van der Waals surface area contributed by atoms with E-state index in [4.69, 9.17) is 18.0 Å². The van der Waals surface area contributed by atoms with Crippen LogP contribution in [0.15, 0.2) is 88.8 Å². The van der Waals surface area contributed by atoms with E-state index in [2.05, 4.69) is 76.6 Å². The highest BCUT2D eigenvalue weighted by atomic mass is 32.1. The molecule has 190 valence electrons. The number of anilines is 1. The Balaban J connectivity index is 1.96. The van der Waals surface area contributed by atoms with Crippen molar-refractivity contribution in [1.82, 2.24) is 15.6 Å². The van der Waals surface area contributed by atoms with E-state index in [1.807, 2.05) is 50.6 Å². The topological polar surface area (TPSA) is 78.6 Å². The highest BCUT2D eigenvalue weighted by Gasteiger charge is 2.22. The highest BCUT2D eigenvalue weighted by Crippen LogP contribution is 2.31. The molecule has 0 saturated carbocycles. The lowest BCUT2D eigenvalue weighted by atomic mass is 9.86. The SMILES string of the molecule is CNC(=S)/C(C(N)=NCC(C)C)=C(/NCC1=CC=C(c2ccccn2)C(C)C1)N(C)c1ccccc1. The number of nitrogens with two attached hydrogens (primary N) is 1. The molecule has 1 aliphatic rings. The van der Waals surface area contributed by atoms with Crippen molar-refractivity contribution in [1.29, 1.82) is 0 Å². The molecule has 1 aromatic carbocycles. The number of pyridine rings is 1. The standard InChI is InChI=1S/C29H38N6S/c1-20(2)18-33-27(30)26(29(36)31-4)28(35(5)23-11-7-6-8-12-23)34-19-22-14-15-24(21(3)17-22)25-13-9-10-16-32-25/h6-16,20-21,34H,17-19H2,1-5H3,(H2,30,33)(H,31,36)/b28-26-. The molecule has 0 saturated heterocycles. The van der Waals surface area contributed by atoms with Crippen LogP contribution in [0.25, 0.3) is 5.57 Å². The second-order valence-electron chi connectivity index (χ2n) is 9.44. The van der Waals surface area contributed by atoms with Crippen molar-refractivity contribution in [3.8, 4) is 0 Å². The molecule has 36 heavy (non-hydrogen) atoms. The fourth-order valence-electron chi connectivity index (χ4n) is 4.13. The first kappa shape index (κ1) is 27.1. The van der Waals surface area contributed by atoms with E-state index in [9.17, 15) is 0 Å². The zero-order chi connectivity index (χ0) is 26.1. The number of benzene rings is 1. The van der Waals surface area contributed by atoms with Gasteiger partial charge in [0.1, 0.15) is 16.6 Å². The lowest BCUT2D eigenvalue weighted by molar-refractivity contribution is 0.665. The van der Waals surface area contributed by atoms with Gasteiger partial charge in [-0.2, -0.15) is 0 Å². The molecule has 0 aliphatic heterocycles. The number of aliphatic imine (C=N–C) groups is 1. The third kappa shape index (κ3) is 7.04. The molecule has 6 nitrogen and oxygen atoms in total. The Morgan fingerprint density at radius 2 is 1.89 bits per heavy atom. The van der Waals surface area contributed by atoms with Crippen LogP contribution in [0.5, 0.6) is 0 Å². The first-order valence-electron chi connectivity index (χ1n) is 12.4. The maximum atomic E-state index is 6.54. The van der Waals surface area contributed by atoms with Crippen LogP contribution in [0, 0.1) is 11.8 Å². The predicted octanol–water partition coefficient (Wildman–Crippen LogP) is 4.93. The van der Waals surface area contributed by atoms with Crippen LogP contribution in [0.4, 0.5) is 5.69 Å². The second-order valence-corrected chi connectivity index (χ2v) is 9.85. The van der Waals surface area contributed by atoms with Gasteiger partial charge in [0.25, 0.3) is 0 Å². The average Bonchev–Trinajstić information content (AvgIpc) is 2.90. The Bertz CT molecular complexity index is 1150. The average molecular weight is 503 g/mol. The zero-order valence-corrected chi connectivity index (χ0v) is 22.8. The molecule has 0 bridgehead atoms. The molecular formula is C29H38N6S. The Labute approximate surface area is 221 Å². The van der Waals surface area contributed by atoms with Gasteiger partial charge in [-0.1, -0.05) is 75.0 Å². The minimum Gasteiger partial charge on any atom is -0.383 e. The summed E-state index contributed by atoms with van der Waals surface area (Å²) >= 11 is 5.71. The minimum atomic E-state index is 0.372. The van der Waals surface area contributed by atoms with Crippen LogP contribution in [-0.4, -0.2) is 43.0 Å². The first-order valence-corrected chi connectivity index (χ1v) is 12.8. The molecule has 1 aliphatic carbocycles. The number of rotatable bonds is 10. The predicted molar refractivity (Wildman–Crippen MR) is 157 cm³/mol. The zero-order valence-electron chi connectivity index (χ0n) is 22.0. The van der Waals surface area contributed by atoms with Gasteiger partial charge in [0.05, 0.1) is 11.3 Å². The number of amidine groups is 1. The van der Waals surface area contributed by atoms with Crippen molar-refractivity contribution in [3.05, 3.63) is 89.5 Å².